The number of nitrogens with two attached hydrogens (primary N) is 1. The van der Waals surface area contributed by atoms with Crippen LogP contribution in [0.5, 0.6) is 0 Å². The first-order chi connectivity index (χ1) is 10.2. The number of hydrogen-bond donors (Lipinski definition) is 2. The molecule has 0 bridgehead atoms. The zero-order chi connectivity index (χ0) is 16.4. The quantitative estimate of drug-likeness (QED) is 0.823. The molecule has 1 aliphatic rings. The van der Waals surface area contributed by atoms with Crippen LogP contribution >= 0.6 is 0 Å². The Bertz CT molecular complexity index is 529. The summed E-state index contributed by atoms with van der Waals surface area (Å²) in [6.07, 6.45) is 1.33. The molecule has 0 saturated carbocycles. The van der Waals surface area contributed by atoms with E-state index < -0.39 is 11.2 Å². The molecule has 1 heterocycles. The average Bonchev–Trinajstić information content (AvgIpc) is 2.36. The van der Waals surface area contributed by atoms with Crippen molar-refractivity contribution in [3.8, 4) is 0 Å². The highest BCUT2D eigenvalue weighted by Gasteiger charge is 2.35. The van der Waals surface area contributed by atoms with Crippen LogP contribution in [-0.2, 0) is 11.2 Å². The fraction of sp³-hybridized carbons (Fsp3) is 0.588. The van der Waals surface area contributed by atoms with Gasteiger partial charge in [-0.05, 0) is 51.3 Å². The molecule has 1 aliphatic heterocycles. The van der Waals surface area contributed by atoms with Crippen LogP contribution in [0.25, 0.3) is 0 Å². The number of anilines is 1. The molecule has 3 N–H and O–H groups in total. The molecule has 1 aromatic carbocycles. The lowest BCUT2D eigenvalue weighted by Crippen LogP contribution is -2.49. The molecule has 0 aliphatic carbocycles. The largest absolute Gasteiger partial charge is 0.444 e. The second kappa shape index (κ2) is 6.16. The molecular formula is C17H26N2O3. The topological polar surface area (TPSA) is 75.8 Å². The first kappa shape index (κ1) is 16.6. The van der Waals surface area contributed by atoms with E-state index in [2.05, 4.69) is 0 Å². The van der Waals surface area contributed by atoms with E-state index in [1.165, 1.54) is 0 Å². The lowest BCUT2D eigenvalue weighted by Gasteiger charge is -2.38. The van der Waals surface area contributed by atoms with Gasteiger partial charge in [0.1, 0.15) is 5.60 Å². The van der Waals surface area contributed by atoms with Crippen LogP contribution in [0.3, 0.4) is 0 Å². The van der Waals surface area contributed by atoms with Crippen molar-refractivity contribution >= 4 is 11.8 Å². The maximum atomic E-state index is 12.0. The van der Waals surface area contributed by atoms with Gasteiger partial charge >= 0.3 is 6.09 Å². The van der Waals surface area contributed by atoms with Crippen molar-refractivity contribution in [2.75, 3.05) is 18.8 Å². The van der Waals surface area contributed by atoms with Crippen LogP contribution in [0.2, 0.25) is 0 Å². The van der Waals surface area contributed by atoms with E-state index in [9.17, 15) is 9.90 Å². The number of benzene rings is 1. The Kier molecular flexibility index (Phi) is 4.66. The Morgan fingerprint density at radius 2 is 2.00 bits per heavy atom. The predicted octanol–water partition coefficient (Wildman–Crippen LogP) is 2.57. The van der Waals surface area contributed by atoms with E-state index in [0.717, 1.165) is 5.56 Å². The Morgan fingerprint density at radius 1 is 1.36 bits per heavy atom. The van der Waals surface area contributed by atoms with Gasteiger partial charge in [0.25, 0.3) is 0 Å². The minimum Gasteiger partial charge on any atom is -0.444 e. The van der Waals surface area contributed by atoms with Crippen molar-refractivity contribution in [2.24, 2.45) is 0 Å². The molecule has 0 aromatic heterocycles. The van der Waals surface area contributed by atoms with E-state index in [1.54, 1.807) is 4.90 Å². The van der Waals surface area contributed by atoms with Crippen LogP contribution in [0.15, 0.2) is 24.3 Å². The monoisotopic (exact) mass is 306 g/mol. The third-order valence-electron chi connectivity index (χ3n) is 3.83. The average molecular weight is 306 g/mol. The van der Waals surface area contributed by atoms with Crippen molar-refractivity contribution in [2.45, 2.75) is 51.2 Å². The van der Waals surface area contributed by atoms with Crippen molar-refractivity contribution < 1.29 is 14.6 Å². The van der Waals surface area contributed by atoms with Crippen LogP contribution in [-0.4, -0.2) is 40.4 Å². The Labute approximate surface area is 132 Å². The summed E-state index contributed by atoms with van der Waals surface area (Å²) in [6.45, 7) is 6.57. The molecule has 122 valence electrons. The van der Waals surface area contributed by atoms with Gasteiger partial charge in [-0.2, -0.15) is 0 Å². The summed E-state index contributed by atoms with van der Waals surface area (Å²) in [5.74, 6) is 0. The van der Waals surface area contributed by atoms with Crippen LogP contribution in [0.4, 0.5) is 10.5 Å². The first-order valence-corrected chi connectivity index (χ1v) is 7.72. The molecule has 0 spiro atoms. The molecule has 5 heteroatoms. The summed E-state index contributed by atoms with van der Waals surface area (Å²) in [4.78, 5) is 13.7. The number of amides is 1. The van der Waals surface area contributed by atoms with Gasteiger partial charge in [-0.25, -0.2) is 4.79 Å². The number of piperidine rings is 1. The molecule has 0 atom stereocenters. The zero-order valence-corrected chi connectivity index (χ0v) is 13.6. The summed E-state index contributed by atoms with van der Waals surface area (Å²) < 4.78 is 5.37. The van der Waals surface area contributed by atoms with Crippen molar-refractivity contribution in [3.05, 3.63) is 29.8 Å². The summed E-state index contributed by atoms with van der Waals surface area (Å²) in [5.41, 5.74) is 6.22. The second-order valence-electron chi connectivity index (χ2n) is 7.11. The molecule has 0 unspecified atom stereocenters. The predicted molar refractivity (Wildman–Crippen MR) is 86.5 cm³/mol. The molecule has 1 saturated heterocycles. The van der Waals surface area contributed by atoms with Crippen molar-refractivity contribution in [3.63, 3.8) is 0 Å². The van der Waals surface area contributed by atoms with Gasteiger partial charge in [-0.1, -0.05) is 12.1 Å². The number of hydrogen-bond acceptors (Lipinski definition) is 4. The Morgan fingerprint density at radius 3 is 2.55 bits per heavy atom. The maximum absolute atomic E-state index is 12.0. The SMILES string of the molecule is CC(C)(C)OC(=O)N1CCC(O)(Cc2cccc(N)c2)CC1. The molecular weight excluding hydrogens is 280 g/mol. The van der Waals surface area contributed by atoms with Gasteiger partial charge in [0.2, 0.25) is 0 Å². The van der Waals surface area contributed by atoms with E-state index in [1.807, 2.05) is 45.0 Å². The van der Waals surface area contributed by atoms with Crippen molar-refractivity contribution in [1.29, 1.82) is 0 Å². The highest BCUT2D eigenvalue weighted by molar-refractivity contribution is 5.68. The number of aliphatic hydroxyl groups is 1. The van der Waals surface area contributed by atoms with Crippen LogP contribution < -0.4 is 5.73 Å². The molecule has 1 aromatic rings. The van der Waals surface area contributed by atoms with E-state index in [0.29, 0.717) is 38.0 Å². The van der Waals surface area contributed by atoms with Crippen molar-refractivity contribution in [1.82, 2.24) is 4.90 Å². The third-order valence-corrected chi connectivity index (χ3v) is 3.83. The third kappa shape index (κ3) is 4.63. The Balaban J connectivity index is 1.91. The van der Waals surface area contributed by atoms with Gasteiger partial charge in [0.05, 0.1) is 5.60 Å². The number of likely N-dealkylation sites (tertiary alicyclic amines) is 1. The zero-order valence-electron chi connectivity index (χ0n) is 13.6. The number of nitrogens with zero attached hydrogens (tertiary/aromatic N) is 1. The molecule has 1 fully saturated rings. The number of nitrogen functional groups attached to an aromatic ring is 1. The first-order valence-electron chi connectivity index (χ1n) is 7.72. The van der Waals surface area contributed by atoms with Gasteiger partial charge in [0, 0.05) is 25.2 Å². The van der Waals surface area contributed by atoms with Crippen LogP contribution in [0, 0.1) is 0 Å². The highest BCUT2D eigenvalue weighted by atomic mass is 16.6. The summed E-state index contributed by atoms with van der Waals surface area (Å²) >= 11 is 0. The summed E-state index contributed by atoms with van der Waals surface area (Å²) in [5, 5.41) is 10.7. The highest BCUT2D eigenvalue weighted by Crippen LogP contribution is 2.27. The lowest BCUT2D eigenvalue weighted by molar-refractivity contribution is -0.0315. The van der Waals surface area contributed by atoms with Gasteiger partial charge < -0.3 is 20.5 Å². The minimum absolute atomic E-state index is 0.307. The Hall–Kier alpha value is -1.75. The molecule has 1 amide bonds. The summed E-state index contributed by atoms with van der Waals surface area (Å²) in [7, 11) is 0. The number of carbonyl (C=O) groups is 1. The van der Waals surface area contributed by atoms with E-state index in [-0.39, 0.29) is 6.09 Å². The van der Waals surface area contributed by atoms with E-state index >= 15 is 0 Å². The van der Waals surface area contributed by atoms with Gasteiger partial charge in [-0.15, -0.1) is 0 Å². The lowest BCUT2D eigenvalue weighted by atomic mass is 9.85. The minimum atomic E-state index is -0.785. The fourth-order valence-electron chi connectivity index (χ4n) is 2.69. The number of rotatable bonds is 2. The molecule has 5 nitrogen and oxygen atoms in total. The standard InChI is InChI=1S/C17H26N2O3/c1-16(2,3)22-15(20)19-9-7-17(21,8-10-19)12-13-5-4-6-14(18)11-13/h4-6,11,21H,7-10,12,18H2,1-3H3. The normalized spacial score (nSPS) is 18.1. The maximum Gasteiger partial charge on any atom is 0.410 e. The van der Waals surface area contributed by atoms with Crippen LogP contribution in [0.1, 0.15) is 39.2 Å². The molecule has 2 rings (SSSR count). The van der Waals surface area contributed by atoms with Gasteiger partial charge in [0.15, 0.2) is 0 Å². The number of ether oxygens (including phenoxy) is 1. The second-order valence-corrected chi connectivity index (χ2v) is 7.11. The molecule has 22 heavy (non-hydrogen) atoms. The van der Waals surface area contributed by atoms with Gasteiger partial charge in [-0.3, -0.25) is 0 Å². The molecule has 0 radical (unpaired) electrons. The summed E-state index contributed by atoms with van der Waals surface area (Å²) in [6, 6.07) is 7.58. The van der Waals surface area contributed by atoms with E-state index in [4.69, 9.17) is 10.5 Å². The fourth-order valence-corrected chi connectivity index (χ4v) is 2.69. The smallest absolute Gasteiger partial charge is 0.410 e. The number of carbonyl (C=O) groups excluding carboxylic acids is 1.